The second kappa shape index (κ2) is 7.71. The molecule has 0 aliphatic carbocycles. The molecule has 108 valence electrons. The Kier molecular flexibility index (Phi) is 6.26. The van der Waals surface area contributed by atoms with Gasteiger partial charge in [-0.25, -0.2) is 4.79 Å². The van der Waals surface area contributed by atoms with Gasteiger partial charge >= 0.3 is 12.0 Å². The van der Waals surface area contributed by atoms with Crippen molar-refractivity contribution < 1.29 is 19.5 Å². The van der Waals surface area contributed by atoms with Crippen molar-refractivity contribution >= 4 is 51.1 Å². The number of rotatable bonds is 5. The first kappa shape index (κ1) is 16.3. The number of amides is 3. The highest BCUT2D eigenvalue weighted by Gasteiger charge is 2.08. The molecule has 0 heterocycles. The largest absolute Gasteiger partial charge is 0.480 e. The summed E-state index contributed by atoms with van der Waals surface area (Å²) in [6.07, 6.45) is 0. The van der Waals surface area contributed by atoms with Gasteiger partial charge in [-0.3, -0.25) is 9.59 Å². The third-order valence-electron chi connectivity index (χ3n) is 2.02. The summed E-state index contributed by atoms with van der Waals surface area (Å²) in [4.78, 5) is 32.9. The van der Waals surface area contributed by atoms with Gasteiger partial charge in [0.1, 0.15) is 6.54 Å². The van der Waals surface area contributed by atoms with Crippen LogP contribution >= 0.6 is 27.5 Å². The lowest BCUT2D eigenvalue weighted by Gasteiger charge is -2.09. The Bertz CT molecular complexity index is 538. The van der Waals surface area contributed by atoms with Gasteiger partial charge in [0.25, 0.3) is 0 Å². The predicted octanol–water partition coefficient (Wildman–Crippen LogP) is 1.42. The number of carboxylic acids is 1. The van der Waals surface area contributed by atoms with E-state index >= 15 is 0 Å². The van der Waals surface area contributed by atoms with Crippen LogP contribution in [0.2, 0.25) is 5.02 Å². The molecule has 1 aromatic rings. The van der Waals surface area contributed by atoms with Crippen molar-refractivity contribution in [2.75, 3.05) is 18.4 Å². The summed E-state index contributed by atoms with van der Waals surface area (Å²) >= 11 is 9.02. The third-order valence-corrected chi connectivity index (χ3v) is 2.95. The first-order valence-corrected chi connectivity index (χ1v) is 6.54. The van der Waals surface area contributed by atoms with Crippen LogP contribution in [0.4, 0.5) is 10.5 Å². The fraction of sp³-hybridized carbons (Fsp3) is 0.182. The summed E-state index contributed by atoms with van der Waals surface area (Å²) in [5.74, 6) is -1.77. The fourth-order valence-electron chi connectivity index (χ4n) is 1.16. The normalized spacial score (nSPS) is 9.70. The Hall–Kier alpha value is -1.80. The van der Waals surface area contributed by atoms with Crippen LogP contribution in [-0.2, 0) is 9.59 Å². The van der Waals surface area contributed by atoms with E-state index in [1.807, 2.05) is 0 Å². The quantitative estimate of drug-likeness (QED) is 0.634. The fourth-order valence-corrected chi connectivity index (χ4v) is 1.67. The van der Waals surface area contributed by atoms with Crippen LogP contribution in [0.1, 0.15) is 0 Å². The average Bonchev–Trinajstić information content (AvgIpc) is 2.38. The van der Waals surface area contributed by atoms with E-state index in [1.54, 1.807) is 12.1 Å². The van der Waals surface area contributed by atoms with Crippen LogP contribution in [-0.4, -0.2) is 36.1 Å². The van der Waals surface area contributed by atoms with Crippen LogP contribution in [0, 0.1) is 0 Å². The van der Waals surface area contributed by atoms with Crippen LogP contribution < -0.4 is 16.0 Å². The lowest BCUT2D eigenvalue weighted by Crippen LogP contribution is -2.40. The predicted molar refractivity (Wildman–Crippen MR) is 76.8 cm³/mol. The van der Waals surface area contributed by atoms with Crippen molar-refractivity contribution in [1.29, 1.82) is 0 Å². The summed E-state index contributed by atoms with van der Waals surface area (Å²) in [5.41, 5.74) is 0.445. The Morgan fingerprint density at radius 3 is 2.55 bits per heavy atom. The first-order chi connectivity index (χ1) is 9.38. The lowest BCUT2D eigenvalue weighted by molar-refractivity contribution is -0.137. The highest BCUT2D eigenvalue weighted by atomic mass is 79.9. The molecule has 0 spiro atoms. The van der Waals surface area contributed by atoms with Crippen molar-refractivity contribution in [3.63, 3.8) is 0 Å². The van der Waals surface area contributed by atoms with Gasteiger partial charge in [0.05, 0.1) is 12.2 Å². The van der Waals surface area contributed by atoms with E-state index in [0.717, 1.165) is 0 Å². The van der Waals surface area contributed by atoms with E-state index in [2.05, 4.69) is 31.9 Å². The second-order valence-electron chi connectivity index (χ2n) is 3.60. The van der Waals surface area contributed by atoms with Gasteiger partial charge in [-0.2, -0.15) is 0 Å². The number of urea groups is 1. The van der Waals surface area contributed by atoms with Gasteiger partial charge in [-0.1, -0.05) is 11.6 Å². The molecule has 0 atom stereocenters. The highest BCUT2D eigenvalue weighted by Crippen LogP contribution is 2.25. The van der Waals surface area contributed by atoms with E-state index in [1.165, 1.54) is 6.07 Å². The van der Waals surface area contributed by atoms with E-state index in [0.29, 0.717) is 15.2 Å². The van der Waals surface area contributed by atoms with Crippen molar-refractivity contribution in [2.24, 2.45) is 0 Å². The Balaban J connectivity index is 2.42. The minimum absolute atomic E-state index is 0.336. The molecule has 0 radical (unpaired) electrons. The number of anilines is 1. The van der Waals surface area contributed by atoms with E-state index in [9.17, 15) is 14.4 Å². The number of nitrogens with one attached hydrogen (secondary N) is 3. The van der Waals surface area contributed by atoms with Gasteiger partial charge < -0.3 is 21.1 Å². The number of carboxylic acid groups (broad SMARTS) is 1. The molecule has 0 aromatic heterocycles. The van der Waals surface area contributed by atoms with Gasteiger partial charge in [-0.05, 0) is 34.1 Å². The number of benzene rings is 1. The smallest absolute Gasteiger partial charge is 0.322 e. The third kappa shape index (κ3) is 5.89. The molecular formula is C11H11BrClN3O4. The lowest BCUT2D eigenvalue weighted by atomic mass is 10.3. The number of hydrogen-bond donors (Lipinski definition) is 4. The Morgan fingerprint density at radius 1 is 1.20 bits per heavy atom. The van der Waals surface area contributed by atoms with Gasteiger partial charge in [0.2, 0.25) is 5.91 Å². The molecule has 20 heavy (non-hydrogen) atoms. The van der Waals surface area contributed by atoms with Crippen LogP contribution in [0.25, 0.3) is 0 Å². The summed E-state index contributed by atoms with van der Waals surface area (Å²) in [5, 5.41) is 15.7. The maximum Gasteiger partial charge on any atom is 0.322 e. The number of aliphatic carboxylic acids is 1. The van der Waals surface area contributed by atoms with Crippen LogP contribution in [0.5, 0.6) is 0 Å². The maximum atomic E-state index is 11.5. The molecule has 0 aliphatic heterocycles. The van der Waals surface area contributed by atoms with Gasteiger partial charge in [0.15, 0.2) is 0 Å². The van der Waals surface area contributed by atoms with Gasteiger partial charge in [0, 0.05) is 9.50 Å². The monoisotopic (exact) mass is 363 g/mol. The molecule has 0 bridgehead atoms. The number of carbonyl (C=O) groups is 3. The number of hydrogen-bond acceptors (Lipinski definition) is 3. The number of carbonyl (C=O) groups excluding carboxylic acids is 2. The van der Waals surface area contributed by atoms with Crippen LogP contribution in [0.15, 0.2) is 22.7 Å². The van der Waals surface area contributed by atoms with E-state index < -0.39 is 24.5 Å². The van der Waals surface area contributed by atoms with Crippen molar-refractivity contribution in [2.45, 2.75) is 0 Å². The Labute approximate surface area is 127 Å². The molecule has 9 heteroatoms. The van der Waals surface area contributed by atoms with Crippen molar-refractivity contribution in [3.8, 4) is 0 Å². The Morgan fingerprint density at radius 2 is 1.90 bits per heavy atom. The minimum Gasteiger partial charge on any atom is -0.480 e. The van der Waals surface area contributed by atoms with Crippen molar-refractivity contribution in [1.82, 2.24) is 10.6 Å². The zero-order valence-corrected chi connectivity index (χ0v) is 12.4. The number of halogens is 2. The molecule has 0 saturated heterocycles. The molecule has 0 aliphatic rings. The molecule has 1 rings (SSSR count). The molecule has 7 nitrogen and oxygen atoms in total. The van der Waals surface area contributed by atoms with Crippen molar-refractivity contribution in [3.05, 3.63) is 27.7 Å². The zero-order valence-electron chi connectivity index (χ0n) is 10.1. The SMILES string of the molecule is O=C(O)CNC(=O)CNC(=O)Nc1cc(Cl)ccc1Br. The topological polar surface area (TPSA) is 108 Å². The summed E-state index contributed by atoms with van der Waals surface area (Å²) < 4.78 is 0.632. The van der Waals surface area contributed by atoms with E-state index in [-0.39, 0.29) is 6.54 Å². The average molecular weight is 365 g/mol. The minimum atomic E-state index is -1.16. The molecular weight excluding hydrogens is 353 g/mol. The summed E-state index contributed by atoms with van der Waals surface area (Å²) in [6.45, 7) is -0.834. The highest BCUT2D eigenvalue weighted by molar-refractivity contribution is 9.10. The first-order valence-electron chi connectivity index (χ1n) is 5.37. The zero-order chi connectivity index (χ0) is 15.1. The molecule has 0 fully saturated rings. The molecule has 1 aromatic carbocycles. The summed E-state index contributed by atoms with van der Waals surface area (Å²) in [7, 11) is 0. The second-order valence-corrected chi connectivity index (χ2v) is 4.89. The summed E-state index contributed by atoms with van der Waals surface area (Å²) in [6, 6.07) is 4.24. The van der Waals surface area contributed by atoms with Gasteiger partial charge in [-0.15, -0.1) is 0 Å². The van der Waals surface area contributed by atoms with E-state index in [4.69, 9.17) is 16.7 Å². The molecule has 4 N–H and O–H groups in total. The standard InChI is InChI=1S/C11H11BrClN3O4/c12-7-2-1-6(13)3-8(7)16-11(20)15-4-9(17)14-5-10(18)19/h1-3H,4-5H2,(H,14,17)(H,18,19)(H2,15,16,20). The molecule has 0 unspecified atom stereocenters. The maximum absolute atomic E-state index is 11.5. The molecule has 0 saturated carbocycles. The molecule has 3 amide bonds. The van der Waals surface area contributed by atoms with Crippen LogP contribution in [0.3, 0.4) is 0 Å².